The second kappa shape index (κ2) is 4.94. The molecular weight excluding hydrogens is 258 g/mol. The molecule has 1 aliphatic rings. The summed E-state index contributed by atoms with van der Waals surface area (Å²) in [5, 5.41) is 1.66. The molecule has 0 aliphatic carbocycles. The minimum atomic E-state index is 0.668. The van der Waals surface area contributed by atoms with E-state index in [0.29, 0.717) is 23.0 Å². The topological polar surface area (TPSA) is 40.2 Å². The standard InChI is InChI=1S/C15H15NO4/c1-17-10-6-4-8-12-14(10)16(19-3)15-11(18-2)7-5-9-13(15)20-12/h4-9H,1-3H3. The quantitative estimate of drug-likeness (QED) is 0.855. The first-order valence-corrected chi connectivity index (χ1v) is 6.16. The molecule has 0 unspecified atom stereocenters. The van der Waals surface area contributed by atoms with Gasteiger partial charge >= 0.3 is 0 Å². The minimum Gasteiger partial charge on any atom is -0.494 e. The van der Waals surface area contributed by atoms with Crippen molar-refractivity contribution in [3.05, 3.63) is 36.4 Å². The molecule has 0 amide bonds. The fourth-order valence-electron chi connectivity index (χ4n) is 2.31. The van der Waals surface area contributed by atoms with Crippen molar-refractivity contribution >= 4 is 11.4 Å². The summed E-state index contributed by atoms with van der Waals surface area (Å²) in [7, 11) is 4.82. The van der Waals surface area contributed by atoms with Gasteiger partial charge in [-0.15, -0.1) is 0 Å². The number of methoxy groups -OCH3 is 2. The third-order valence-electron chi connectivity index (χ3n) is 3.17. The highest BCUT2D eigenvalue weighted by Crippen LogP contribution is 2.53. The summed E-state index contributed by atoms with van der Waals surface area (Å²) >= 11 is 0. The summed E-state index contributed by atoms with van der Waals surface area (Å²) in [4.78, 5) is 5.52. The van der Waals surface area contributed by atoms with E-state index in [2.05, 4.69) is 0 Å². The number of hydrogen-bond donors (Lipinski definition) is 0. The molecule has 2 aromatic carbocycles. The van der Waals surface area contributed by atoms with E-state index in [4.69, 9.17) is 19.0 Å². The molecule has 104 valence electrons. The van der Waals surface area contributed by atoms with Crippen LogP contribution < -0.4 is 19.3 Å². The molecule has 0 saturated carbocycles. The molecule has 0 bridgehead atoms. The second-order valence-corrected chi connectivity index (χ2v) is 4.19. The highest BCUT2D eigenvalue weighted by molar-refractivity contribution is 5.83. The highest BCUT2D eigenvalue weighted by Gasteiger charge is 2.30. The lowest BCUT2D eigenvalue weighted by atomic mass is 10.1. The van der Waals surface area contributed by atoms with Crippen LogP contribution in [-0.2, 0) is 4.84 Å². The monoisotopic (exact) mass is 273 g/mol. The van der Waals surface area contributed by atoms with Crippen LogP contribution in [0.2, 0.25) is 0 Å². The Balaban J connectivity index is 2.24. The van der Waals surface area contributed by atoms with Crippen LogP contribution in [0.1, 0.15) is 0 Å². The van der Waals surface area contributed by atoms with E-state index < -0.39 is 0 Å². The zero-order valence-corrected chi connectivity index (χ0v) is 11.5. The van der Waals surface area contributed by atoms with E-state index >= 15 is 0 Å². The van der Waals surface area contributed by atoms with Crippen LogP contribution in [0.25, 0.3) is 0 Å². The van der Waals surface area contributed by atoms with Crippen molar-refractivity contribution in [1.29, 1.82) is 0 Å². The molecular formula is C15H15NO4. The fraction of sp³-hybridized carbons (Fsp3) is 0.200. The second-order valence-electron chi connectivity index (χ2n) is 4.19. The van der Waals surface area contributed by atoms with Gasteiger partial charge in [-0.2, -0.15) is 0 Å². The van der Waals surface area contributed by atoms with Gasteiger partial charge in [0.25, 0.3) is 0 Å². The van der Waals surface area contributed by atoms with Crippen LogP contribution in [0.5, 0.6) is 23.0 Å². The summed E-state index contributed by atoms with van der Waals surface area (Å²) < 4.78 is 16.7. The van der Waals surface area contributed by atoms with Crippen molar-refractivity contribution in [2.24, 2.45) is 0 Å². The van der Waals surface area contributed by atoms with Gasteiger partial charge in [0.1, 0.15) is 11.5 Å². The molecule has 5 nitrogen and oxygen atoms in total. The molecule has 0 saturated heterocycles. The molecule has 5 heteroatoms. The van der Waals surface area contributed by atoms with E-state index in [1.165, 1.54) is 0 Å². The SMILES string of the molecule is COc1cccc2c1N(OC)c1c(OC)cccc1O2. The molecule has 2 aromatic rings. The van der Waals surface area contributed by atoms with Gasteiger partial charge in [-0.1, -0.05) is 12.1 Å². The van der Waals surface area contributed by atoms with Crippen molar-refractivity contribution in [2.75, 3.05) is 26.4 Å². The summed E-state index contributed by atoms with van der Waals surface area (Å²) in [6.45, 7) is 0. The van der Waals surface area contributed by atoms with Gasteiger partial charge < -0.3 is 14.2 Å². The molecule has 0 atom stereocenters. The van der Waals surface area contributed by atoms with Crippen LogP contribution in [-0.4, -0.2) is 21.3 Å². The molecule has 0 radical (unpaired) electrons. The lowest BCUT2D eigenvalue weighted by Crippen LogP contribution is -2.21. The van der Waals surface area contributed by atoms with Gasteiger partial charge in [-0.25, -0.2) is 5.06 Å². The van der Waals surface area contributed by atoms with Crippen LogP contribution in [0, 0.1) is 0 Å². The Morgan fingerprint density at radius 2 is 1.30 bits per heavy atom. The number of hydrogen-bond acceptors (Lipinski definition) is 5. The molecule has 0 fully saturated rings. The van der Waals surface area contributed by atoms with Crippen LogP contribution in [0.15, 0.2) is 36.4 Å². The van der Waals surface area contributed by atoms with Gasteiger partial charge in [0.15, 0.2) is 22.9 Å². The Morgan fingerprint density at radius 3 is 1.70 bits per heavy atom. The Hall–Kier alpha value is -2.40. The van der Waals surface area contributed by atoms with Crippen LogP contribution >= 0.6 is 0 Å². The number of rotatable bonds is 3. The molecule has 1 heterocycles. The smallest absolute Gasteiger partial charge is 0.157 e. The van der Waals surface area contributed by atoms with Crippen LogP contribution in [0.3, 0.4) is 0 Å². The van der Waals surface area contributed by atoms with E-state index in [1.54, 1.807) is 26.4 Å². The third kappa shape index (κ3) is 1.75. The normalized spacial score (nSPS) is 12.2. The fourth-order valence-corrected chi connectivity index (χ4v) is 2.31. The maximum Gasteiger partial charge on any atom is 0.157 e. The van der Waals surface area contributed by atoms with Gasteiger partial charge in [0.2, 0.25) is 0 Å². The third-order valence-corrected chi connectivity index (χ3v) is 3.17. The number of para-hydroxylation sites is 2. The van der Waals surface area contributed by atoms with E-state index in [9.17, 15) is 0 Å². The largest absolute Gasteiger partial charge is 0.494 e. The predicted octanol–water partition coefficient (Wildman–Crippen LogP) is 3.51. The molecule has 0 spiro atoms. The minimum absolute atomic E-state index is 0.668. The van der Waals surface area contributed by atoms with Gasteiger partial charge in [0, 0.05) is 0 Å². The zero-order chi connectivity index (χ0) is 14.1. The summed E-state index contributed by atoms with van der Waals surface area (Å²) in [6.07, 6.45) is 0. The van der Waals surface area contributed by atoms with Gasteiger partial charge in [0.05, 0.1) is 21.3 Å². The molecule has 20 heavy (non-hydrogen) atoms. The molecule has 0 aromatic heterocycles. The predicted molar refractivity (Wildman–Crippen MR) is 75.2 cm³/mol. The van der Waals surface area contributed by atoms with E-state index in [0.717, 1.165) is 11.4 Å². The summed E-state index contributed by atoms with van der Waals surface area (Å²) in [5.74, 6) is 2.68. The maximum absolute atomic E-state index is 5.91. The lowest BCUT2D eigenvalue weighted by Gasteiger charge is -2.32. The van der Waals surface area contributed by atoms with Crippen molar-refractivity contribution in [2.45, 2.75) is 0 Å². The summed E-state index contributed by atoms with van der Waals surface area (Å²) in [5.41, 5.74) is 1.43. The average Bonchev–Trinajstić information content (AvgIpc) is 2.51. The Labute approximate surface area is 117 Å². The van der Waals surface area contributed by atoms with Crippen LogP contribution in [0.4, 0.5) is 11.4 Å². The Kier molecular flexibility index (Phi) is 3.12. The first-order valence-electron chi connectivity index (χ1n) is 6.16. The number of ether oxygens (including phenoxy) is 3. The number of anilines is 2. The maximum atomic E-state index is 5.91. The van der Waals surface area contributed by atoms with Crippen molar-refractivity contribution < 1.29 is 19.0 Å². The van der Waals surface area contributed by atoms with E-state index in [-0.39, 0.29) is 0 Å². The Bertz CT molecular complexity index is 588. The number of nitrogens with zero attached hydrogens (tertiary/aromatic N) is 1. The molecule has 0 N–H and O–H groups in total. The first kappa shape index (κ1) is 12.6. The average molecular weight is 273 g/mol. The Morgan fingerprint density at radius 1 is 0.800 bits per heavy atom. The molecule has 3 rings (SSSR count). The van der Waals surface area contributed by atoms with Crippen molar-refractivity contribution in [1.82, 2.24) is 0 Å². The zero-order valence-electron chi connectivity index (χ0n) is 11.5. The summed E-state index contributed by atoms with van der Waals surface area (Å²) in [6, 6.07) is 11.2. The number of fused-ring (bicyclic) bond motifs is 2. The highest BCUT2D eigenvalue weighted by atomic mass is 16.7. The van der Waals surface area contributed by atoms with E-state index in [1.807, 2.05) is 36.4 Å². The number of benzene rings is 2. The van der Waals surface area contributed by atoms with Crippen molar-refractivity contribution in [3.8, 4) is 23.0 Å². The lowest BCUT2D eigenvalue weighted by molar-refractivity contribution is 0.189. The first-order chi connectivity index (χ1) is 9.80. The van der Waals surface area contributed by atoms with Gasteiger partial charge in [-0.05, 0) is 24.3 Å². The molecule has 1 aliphatic heterocycles. The van der Waals surface area contributed by atoms with Crippen molar-refractivity contribution in [3.63, 3.8) is 0 Å². The van der Waals surface area contributed by atoms with Gasteiger partial charge in [-0.3, -0.25) is 4.84 Å².